The lowest BCUT2D eigenvalue weighted by Crippen LogP contribution is -2.41. The topological polar surface area (TPSA) is 79.2 Å². The van der Waals surface area contributed by atoms with Gasteiger partial charge in [-0.2, -0.15) is 5.10 Å². The van der Waals surface area contributed by atoms with Crippen molar-refractivity contribution >= 4 is 6.03 Å². The van der Waals surface area contributed by atoms with Crippen molar-refractivity contribution in [3.05, 3.63) is 53.9 Å². The van der Waals surface area contributed by atoms with Gasteiger partial charge < -0.3 is 15.7 Å². The zero-order chi connectivity index (χ0) is 17.5. The molecule has 1 aromatic carbocycles. The minimum Gasteiger partial charge on any atom is -0.391 e. The highest BCUT2D eigenvalue weighted by Crippen LogP contribution is 2.12. The second-order valence-electron chi connectivity index (χ2n) is 6.34. The summed E-state index contributed by atoms with van der Waals surface area (Å²) < 4.78 is 1.85. The molecule has 2 amide bonds. The third-order valence-electron chi connectivity index (χ3n) is 3.93. The van der Waals surface area contributed by atoms with Crippen molar-refractivity contribution in [2.24, 2.45) is 5.92 Å². The molecule has 1 heterocycles. The summed E-state index contributed by atoms with van der Waals surface area (Å²) in [5.74, 6) is 0.110. The molecule has 0 aliphatic rings. The first-order valence-corrected chi connectivity index (χ1v) is 8.24. The molecular formula is C18H26N4O2. The maximum absolute atomic E-state index is 11.9. The first kappa shape index (κ1) is 18.0. The van der Waals surface area contributed by atoms with Crippen LogP contribution in [0.2, 0.25) is 0 Å². The summed E-state index contributed by atoms with van der Waals surface area (Å²) in [6, 6.07) is 9.63. The minimum absolute atomic E-state index is 0.110. The third-order valence-corrected chi connectivity index (χ3v) is 3.93. The molecular weight excluding hydrogens is 304 g/mol. The van der Waals surface area contributed by atoms with Crippen molar-refractivity contribution in [2.45, 2.75) is 39.5 Å². The molecule has 0 aliphatic carbocycles. The number of aromatic nitrogens is 2. The zero-order valence-corrected chi connectivity index (χ0v) is 14.4. The predicted molar refractivity (Wildman–Crippen MR) is 93.6 cm³/mol. The van der Waals surface area contributed by atoms with E-state index in [1.807, 2.05) is 49.8 Å². The second kappa shape index (κ2) is 8.49. The lowest BCUT2D eigenvalue weighted by molar-refractivity contribution is 0.124. The normalized spacial score (nSPS) is 13.5. The van der Waals surface area contributed by atoms with E-state index >= 15 is 0 Å². The summed E-state index contributed by atoms with van der Waals surface area (Å²) in [7, 11) is 0. The maximum atomic E-state index is 11.9. The summed E-state index contributed by atoms with van der Waals surface area (Å²) in [5.41, 5.74) is 2.11. The lowest BCUT2D eigenvalue weighted by Gasteiger charge is -2.17. The van der Waals surface area contributed by atoms with Crippen molar-refractivity contribution in [1.82, 2.24) is 20.4 Å². The van der Waals surface area contributed by atoms with E-state index in [2.05, 4.69) is 27.9 Å². The summed E-state index contributed by atoms with van der Waals surface area (Å²) in [4.78, 5) is 11.9. The Balaban J connectivity index is 1.84. The van der Waals surface area contributed by atoms with Gasteiger partial charge in [-0.1, -0.05) is 44.2 Å². The molecule has 0 aliphatic heterocycles. The molecule has 2 atom stereocenters. The average molecular weight is 330 g/mol. The predicted octanol–water partition coefficient (Wildman–Crippen LogP) is 2.31. The standard InChI is InChI=1S/C18H26N4O2/c1-13(2)17(23)10-19-18(24)21-14(3)16-9-20-22(12-16)11-15-7-5-4-6-8-15/h4-9,12-14,17,23H,10-11H2,1-3H3,(H2,19,21,24). The molecule has 6 nitrogen and oxygen atoms in total. The first-order valence-electron chi connectivity index (χ1n) is 8.24. The van der Waals surface area contributed by atoms with Gasteiger partial charge in [-0.25, -0.2) is 4.79 Å². The Bertz CT molecular complexity index is 639. The fraction of sp³-hybridized carbons (Fsp3) is 0.444. The fourth-order valence-electron chi connectivity index (χ4n) is 2.22. The molecule has 3 N–H and O–H groups in total. The van der Waals surface area contributed by atoms with E-state index in [0.717, 1.165) is 5.56 Å². The molecule has 2 rings (SSSR count). The Morgan fingerprint density at radius 1 is 1.25 bits per heavy atom. The van der Waals surface area contributed by atoms with Gasteiger partial charge in [0.2, 0.25) is 0 Å². The van der Waals surface area contributed by atoms with Gasteiger partial charge in [0.15, 0.2) is 0 Å². The monoisotopic (exact) mass is 330 g/mol. The second-order valence-corrected chi connectivity index (χ2v) is 6.34. The molecule has 130 valence electrons. The number of urea groups is 1. The van der Waals surface area contributed by atoms with Gasteiger partial charge in [0, 0.05) is 18.3 Å². The Hall–Kier alpha value is -2.34. The van der Waals surface area contributed by atoms with Crippen LogP contribution in [-0.4, -0.2) is 33.6 Å². The number of rotatable bonds is 7. The van der Waals surface area contributed by atoms with E-state index in [1.54, 1.807) is 6.20 Å². The van der Waals surface area contributed by atoms with Crippen LogP contribution in [0.15, 0.2) is 42.7 Å². The molecule has 2 aromatic rings. The molecule has 0 saturated heterocycles. The number of nitrogens with zero attached hydrogens (tertiary/aromatic N) is 2. The number of hydrogen-bond acceptors (Lipinski definition) is 3. The number of amides is 2. The smallest absolute Gasteiger partial charge is 0.315 e. The number of aliphatic hydroxyl groups excluding tert-OH is 1. The summed E-state index contributed by atoms with van der Waals surface area (Å²) in [6.45, 7) is 6.66. The average Bonchev–Trinajstić information content (AvgIpc) is 3.02. The van der Waals surface area contributed by atoms with Crippen LogP contribution in [0, 0.1) is 5.92 Å². The van der Waals surface area contributed by atoms with Crippen LogP contribution in [-0.2, 0) is 6.54 Å². The van der Waals surface area contributed by atoms with E-state index < -0.39 is 6.10 Å². The Labute approximate surface area is 142 Å². The Kier molecular flexibility index (Phi) is 6.37. The summed E-state index contributed by atoms with van der Waals surface area (Å²) in [5, 5.41) is 19.6. The SMILES string of the molecule is CC(NC(=O)NCC(O)C(C)C)c1cnn(Cc2ccccc2)c1. The number of aliphatic hydroxyl groups is 1. The molecule has 2 unspecified atom stereocenters. The van der Waals surface area contributed by atoms with Gasteiger partial charge in [0.25, 0.3) is 0 Å². The van der Waals surface area contributed by atoms with E-state index in [1.165, 1.54) is 5.56 Å². The third kappa shape index (κ3) is 5.38. The summed E-state index contributed by atoms with van der Waals surface area (Å²) >= 11 is 0. The van der Waals surface area contributed by atoms with Crippen LogP contribution in [0.4, 0.5) is 4.79 Å². The van der Waals surface area contributed by atoms with E-state index in [9.17, 15) is 9.90 Å². The van der Waals surface area contributed by atoms with Gasteiger partial charge in [0.1, 0.15) is 0 Å². The molecule has 24 heavy (non-hydrogen) atoms. The quantitative estimate of drug-likeness (QED) is 0.729. The molecule has 0 saturated carbocycles. The Morgan fingerprint density at radius 3 is 2.62 bits per heavy atom. The van der Waals surface area contributed by atoms with Crippen LogP contribution in [0.3, 0.4) is 0 Å². The number of carbonyl (C=O) groups is 1. The maximum Gasteiger partial charge on any atom is 0.315 e. The van der Waals surface area contributed by atoms with Gasteiger partial charge >= 0.3 is 6.03 Å². The van der Waals surface area contributed by atoms with Crippen LogP contribution < -0.4 is 10.6 Å². The molecule has 0 fully saturated rings. The fourth-order valence-corrected chi connectivity index (χ4v) is 2.22. The lowest BCUT2D eigenvalue weighted by atomic mass is 10.1. The van der Waals surface area contributed by atoms with Gasteiger partial charge in [-0.05, 0) is 18.4 Å². The van der Waals surface area contributed by atoms with Gasteiger partial charge in [-0.3, -0.25) is 4.68 Å². The molecule has 0 spiro atoms. The van der Waals surface area contributed by atoms with Crippen molar-refractivity contribution in [2.75, 3.05) is 6.54 Å². The van der Waals surface area contributed by atoms with Crippen molar-refractivity contribution < 1.29 is 9.90 Å². The van der Waals surface area contributed by atoms with Crippen LogP contribution in [0.5, 0.6) is 0 Å². The molecule has 6 heteroatoms. The number of benzene rings is 1. The highest BCUT2D eigenvalue weighted by Gasteiger charge is 2.14. The van der Waals surface area contributed by atoms with E-state index in [4.69, 9.17) is 0 Å². The number of nitrogens with one attached hydrogen (secondary N) is 2. The van der Waals surface area contributed by atoms with Crippen LogP contribution in [0.25, 0.3) is 0 Å². The minimum atomic E-state index is -0.542. The highest BCUT2D eigenvalue weighted by molar-refractivity contribution is 5.74. The largest absolute Gasteiger partial charge is 0.391 e. The van der Waals surface area contributed by atoms with Crippen LogP contribution in [0.1, 0.15) is 37.9 Å². The Morgan fingerprint density at radius 2 is 1.96 bits per heavy atom. The van der Waals surface area contributed by atoms with Gasteiger partial charge in [0.05, 0.1) is 24.9 Å². The highest BCUT2D eigenvalue weighted by atomic mass is 16.3. The number of carbonyl (C=O) groups excluding carboxylic acids is 1. The molecule has 0 bridgehead atoms. The molecule has 1 aromatic heterocycles. The number of hydrogen-bond donors (Lipinski definition) is 3. The van der Waals surface area contributed by atoms with E-state index in [0.29, 0.717) is 6.54 Å². The molecule has 0 radical (unpaired) electrons. The summed E-state index contributed by atoms with van der Waals surface area (Å²) in [6.07, 6.45) is 3.15. The van der Waals surface area contributed by atoms with Crippen molar-refractivity contribution in [1.29, 1.82) is 0 Å². The first-order chi connectivity index (χ1) is 11.5. The van der Waals surface area contributed by atoms with Crippen molar-refractivity contribution in [3.63, 3.8) is 0 Å². The van der Waals surface area contributed by atoms with E-state index in [-0.39, 0.29) is 24.5 Å². The van der Waals surface area contributed by atoms with Crippen molar-refractivity contribution in [3.8, 4) is 0 Å². The van der Waals surface area contributed by atoms with Gasteiger partial charge in [-0.15, -0.1) is 0 Å². The zero-order valence-electron chi connectivity index (χ0n) is 14.4. The van der Waals surface area contributed by atoms with Crippen LogP contribution >= 0.6 is 0 Å².